The third-order valence-corrected chi connectivity index (χ3v) is 1.91. The molecule has 1 atom stereocenters. The highest BCUT2D eigenvalue weighted by Gasteiger charge is 2.28. The van der Waals surface area contributed by atoms with Gasteiger partial charge < -0.3 is 0 Å². The van der Waals surface area contributed by atoms with E-state index in [1.165, 1.54) is 0 Å². The van der Waals surface area contributed by atoms with Crippen LogP contribution in [0.4, 0.5) is 0 Å². The summed E-state index contributed by atoms with van der Waals surface area (Å²) in [6.07, 6.45) is 0.411. The predicted octanol–water partition coefficient (Wildman–Crippen LogP) is 0.549. The van der Waals surface area contributed by atoms with Gasteiger partial charge in [0.1, 0.15) is 11.8 Å². The summed E-state index contributed by atoms with van der Waals surface area (Å²) < 4.78 is 0. The van der Waals surface area contributed by atoms with E-state index in [4.69, 9.17) is 5.26 Å². The highest BCUT2D eigenvalue weighted by molar-refractivity contribution is 6.41. The van der Waals surface area contributed by atoms with Gasteiger partial charge in [-0.1, -0.05) is 0 Å². The zero-order valence-corrected chi connectivity index (χ0v) is 7.24. The fourth-order valence-corrected chi connectivity index (χ4v) is 1.17. The monoisotopic (exact) mass is 165 g/mol. The average Bonchev–Trinajstić information content (AvgIpc) is 2.30. The summed E-state index contributed by atoms with van der Waals surface area (Å²) >= 11 is 0. The van der Waals surface area contributed by atoms with E-state index >= 15 is 0 Å². The van der Waals surface area contributed by atoms with Crippen molar-refractivity contribution in [3.8, 4) is 6.07 Å². The first-order chi connectivity index (χ1) is 5.66. The smallest absolute Gasteiger partial charge is 0.202 e. The summed E-state index contributed by atoms with van der Waals surface area (Å²) in [5.41, 5.74) is 0.542. The first-order valence-corrected chi connectivity index (χ1v) is 3.90. The number of Topliss-reactive ketones (excluding diaryl/α,β-unsaturated/α-hetero) is 1. The van der Waals surface area contributed by atoms with Gasteiger partial charge in [0.15, 0.2) is 0 Å². The molecule has 0 radical (unpaired) electrons. The molecular weight excluding hydrogens is 154 g/mol. The van der Waals surface area contributed by atoms with E-state index in [2.05, 4.69) is 5.10 Å². The second-order valence-corrected chi connectivity index (χ2v) is 2.80. The van der Waals surface area contributed by atoms with Crippen molar-refractivity contribution in [2.75, 3.05) is 6.54 Å². The third kappa shape index (κ3) is 1.45. The van der Waals surface area contributed by atoms with Crippen LogP contribution >= 0.6 is 0 Å². The molecule has 0 saturated carbocycles. The van der Waals surface area contributed by atoms with E-state index in [0.29, 0.717) is 18.7 Å². The molecule has 0 aliphatic carbocycles. The van der Waals surface area contributed by atoms with Crippen LogP contribution in [0.25, 0.3) is 0 Å². The first kappa shape index (κ1) is 8.72. The summed E-state index contributed by atoms with van der Waals surface area (Å²) in [6, 6.07) is 1.84. The minimum absolute atomic E-state index is 0.0629. The minimum atomic E-state index is -0.182. The molecule has 0 amide bonds. The Bertz CT molecular complexity index is 264. The van der Waals surface area contributed by atoms with Gasteiger partial charge in [0.05, 0.1) is 12.5 Å². The van der Waals surface area contributed by atoms with Crippen molar-refractivity contribution in [3.63, 3.8) is 0 Å². The summed E-state index contributed by atoms with van der Waals surface area (Å²) in [5.74, 6) is 0.0629. The van der Waals surface area contributed by atoms with Gasteiger partial charge in [-0.2, -0.15) is 10.4 Å². The van der Waals surface area contributed by atoms with Crippen molar-refractivity contribution in [2.45, 2.75) is 26.3 Å². The van der Waals surface area contributed by atoms with E-state index in [0.717, 1.165) is 0 Å². The quantitative estimate of drug-likeness (QED) is 0.600. The van der Waals surface area contributed by atoms with Crippen LogP contribution in [0.1, 0.15) is 20.3 Å². The SMILES string of the molecule is CC1=NN(CCC#N)C(C)C1=O. The van der Waals surface area contributed by atoms with Crippen molar-refractivity contribution in [2.24, 2.45) is 5.10 Å². The molecule has 1 aliphatic rings. The number of hydrogen-bond donors (Lipinski definition) is 0. The fourth-order valence-electron chi connectivity index (χ4n) is 1.17. The Labute approximate surface area is 71.5 Å². The number of hydrogen-bond acceptors (Lipinski definition) is 4. The standard InChI is InChI=1S/C8H11N3O/c1-6-8(12)7(2)11(10-6)5-3-4-9/h7H,3,5H2,1-2H3. The van der Waals surface area contributed by atoms with Crippen molar-refractivity contribution in [1.82, 2.24) is 5.01 Å². The number of hydrazone groups is 1. The zero-order chi connectivity index (χ0) is 9.14. The van der Waals surface area contributed by atoms with Crippen molar-refractivity contribution in [3.05, 3.63) is 0 Å². The topological polar surface area (TPSA) is 56.5 Å². The Balaban J connectivity index is 2.59. The second kappa shape index (κ2) is 3.35. The summed E-state index contributed by atoms with van der Waals surface area (Å²) in [7, 11) is 0. The molecule has 0 spiro atoms. The van der Waals surface area contributed by atoms with E-state index in [9.17, 15) is 4.79 Å². The lowest BCUT2D eigenvalue weighted by Crippen LogP contribution is -2.30. The van der Waals surface area contributed by atoms with Crippen LogP contribution in [0.5, 0.6) is 0 Å². The maximum absolute atomic E-state index is 11.2. The Morgan fingerprint density at radius 1 is 1.75 bits per heavy atom. The maximum atomic E-state index is 11.2. The van der Waals surface area contributed by atoms with E-state index in [-0.39, 0.29) is 11.8 Å². The van der Waals surface area contributed by atoms with Crippen LogP contribution < -0.4 is 0 Å². The lowest BCUT2D eigenvalue weighted by Gasteiger charge is -2.16. The van der Waals surface area contributed by atoms with Gasteiger partial charge in [-0.15, -0.1) is 0 Å². The predicted molar refractivity (Wildman–Crippen MR) is 44.5 cm³/mol. The number of carbonyl (C=O) groups excluding carboxylic acids is 1. The summed E-state index contributed by atoms with van der Waals surface area (Å²) in [6.45, 7) is 4.05. The van der Waals surface area contributed by atoms with Crippen molar-refractivity contribution < 1.29 is 4.79 Å². The van der Waals surface area contributed by atoms with Gasteiger partial charge in [-0.3, -0.25) is 9.80 Å². The Kier molecular flexibility index (Phi) is 2.44. The Morgan fingerprint density at radius 2 is 2.42 bits per heavy atom. The van der Waals surface area contributed by atoms with Crippen LogP contribution in [-0.2, 0) is 4.79 Å². The molecule has 4 heteroatoms. The molecule has 0 aromatic rings. The van der Waals surface area contributed by atoms with Crippen LogP contribution in [-0.4, -0.2) is 29.1 Å². The normalized spacial score (nSPS) is 22.4. The second-order valence-electron chi connectivity index (χ2n) is 2.80. The molecule has 0 saturated heterocycles. The van der Waals surface area contributed by atoms with Crippen LogP contribution in [0.15, 0.2) is 5.10 Å². The highest BCUT2D eigenvalue weighted by atomic mass is 16.1. The van der Waals surface area contributed by atoms with Gasteiger partial charge >= 0.3 is 0 Å². The van der Waals surface area contributed by atoms with Gasteiger partial charge in [0, 0.05) is 6.54 Å². The Hall–Kier alpha value is -1.37. The lowest BCUT2D eigenvalue weighted by molar-refractivity contribution is -0.115. The fraction of sp³-hybridized carbons (Fsp3) is 0.625. The lowest BCUT2D eigenvalue weighted by atomic mass is 10.1. The molecule has 1 aliphatic heterocycles. The van der Waals surface area contributed by atoms with Crippen LogP contribution in [0.3, 0.4) is 0 Å². The molecule has 0 fully saturated rings. The molecule has 12 heavy (non-hydrogen) atoms. The van der Waals surface area contributed by atoms with E-state index in [1.54, 1.807) is 18.9 Å². The molecule has 64 valence electrons. The molecule has 1 heterocycles. The average molecular weight is 165 g/mol. The number of rotatable bonds is 2. The van der Waals surface area contributed by atoms with Gasteiger partial charge in [0.2, 0.25) is 5.78 Å². The van der Waals surface area contributed by atoms with E-state index in [1.807, 2.05) is 6.07 Å². The van der Waals surface area contributed by atoms with Gasteiger partial charge in [0.25, 0.3) is 0 Å². The molecule has 0 N–H and O–H groups in total. The van der Waals surface area contributed by atoms with Crippen molar-refractivity contribution in [1.29, 1.82) is 5.26 Å². The maximum Gasteiger partial charge on any atom is 0.202 e. The van der Waals surface area contributed by atoms with Crippen LogP contribution in [0.2, 0.25) is 0 Å². The molecule has 1 rings (SSSR count). The molecule has 0 aromatic carbocycles. The van der Waals surface area contributed by atoms with Crippen LogP contribution in [0, 0.1) is 11.3 Å². The number of nitriles is 1. The molecule has 0 aromatic heterocycles. The Morgan fingerprint density at radius 3 is 2.83 bits per heavy atom. The van der Waals surface area contributed by atoms with Gasteiger partial charge in [-0.25, -0.2) is 0 Å². The van der Waals surface area contributed by atoms with E-state index < -0.39 is 0 Å². The number of carbonyl (C=O) groups is 1. The largest absolute Gasteiger partial charge is 0.290 e. The third-order valence-electron chi connectivity index (χ3n) is 1.91. The van der Waals surface area contributed by atoms with Crippen molar-refractivity contribution >= 4 is 11.5 Å². The first-order valence-electron chi connectivity index (χ1n) is 3.90. The summed E-state index contributed by atoms with van der Waals surface area (Å²) in [4.78, 5) is 11.2. The molecular formula is C8H11N3O. The molecule has 0 bridgehead atoms. The minimum Gasteiger partial charge on any atom is -0.290 e. The summed E-state index contributed by atoms with van der Waals surface area (Å²) in [5, 5.41) is 14.0. The number of ketones is 1. The van der Waals surface area contributed by atoms with Gasteiger partial charge in [-0.05, 0) is 13.8 Å². The highest BCUT2D eigenvalue weighted by Crippen LogP contribution is 2.11. The zero-order valence-electron chi connectivity index (χ0n) is 7.24. The molecule has 1 unspecified atom stereocenters. The number of nitrogens with zero attached hydrogens (tertiary/aromatic N) is 3. The molecule has 4 nitrogen and oxygen atoms in total.